The van der Waals surface area contributed by atoms with Crippen LogP contribution in [0.15, 0.2) is 54.9 Å². The van der Waals surface area contributed by atoms with Crippen molar-refractivity contribution in [3.63, 3.8) is 0 Å². The molecular formula is C19H11ClF6N2O4. The third-order valence-corrected chi connectivity index (χ3v) is 4.25. The molecule has 0 saturated heterocycles. The fourth-order valence-corrected chi connectivity index (χ4v) is 2.91. The summed E-state index contributed by atoms with van der Waals surface area (Å²) in [5, 5.41) is 10.6. The highest BCUT2D eigenvalue weighted by molar-refractivity contribution is 6.35. The van der Waals surface area contributed by atoms with E-state index in [2.05, 4.69) is 10.1 Å². The van der Waals surface area contributed by atoms with Crippen LogP contribution in [-0.4, -0.2) is 22.2 Å². The van der Waals surface area contributed by atoms with Gasteiger partial charge >= 0.3 is 12.5 Å². The quantitative estimate of drug-likeness (QED) is 0.330. The summed E-state index contributed by atoms with van der Waals surface area (Å²) in [6.07, 6.45) is -7.57. The Morgan fingerprint density at radius 1 is 0.969 bits per heavy atom. The predicted octanol–water partition coefficient (Wildman–Crippen LogP) is 6.34. The van der Waals surface area contributed by atoms with Crippen LogP contribution in [0.25, 0.3) is 0 Å². The molecule has 2 aromatic carbocycles. The first kappa shape index (κ1) is 23.1. The second-order valence-corrected chi connectivity index (χ2v) is 6.53. The number of nitrogens with zero attached hydrogens (tertiary/aromatic N) is 1. The Balaban J connectivity index is 1.96. The maximum Gasteiger partial charge on any atom is 0.573 e. The van der Waals surface area contributed by atoms with Crippen LogP contribution in [0.5, 0.6) is 17.2 Å². The molecule has 13 heteroatoms. The number of amides is 1. The molecule has 1 heterocycles. The van der Waals surface area contributed by atoms with Crippen molar-refractivity contribution in [1.82, 2.24) is 4.73 Å². The summed E-state index contributed by atoms with van der Waals surface area (Å²) >= 11 is 5.87. The Labute approximate surface area is 180 Å². The fraction of sp³-hybridized carbons (Fsp3) is 0.105. The minimum atomic E-state index is -4.91. The smallest absolute Gasteiger partial charge is 0.456 e. The monoisotopic (exact) mass is 480 g/mol. The van der Waals surface area contributed by atoms with E-state index in [-0.39, 0.29) is 11.4 Å². The van der Waals surface area contributed by atoms with Gasteiger partial charge in [-0.2, -0.15) is 17.9 Å². The van der Waals surface area contributed by atoms with Gasteiger partial charge in [-0.25, -0.2) is 0 Å². The van der Waals surface area contributed by atoms with Gasteiger partial charge in [0.1, 0.15) is 22.8 Å². The van der Waals surface area contributed by atoms with E-state index in [1.54, 1.807) is 0 Å². The van der Waals surface area contributed by atoms with E-state index < -0.39 is 46.1 Å². The normalized spacial score (nSPS) is 11.8. The zero-order chi connectivity index (χ0) is 23.7. The lowest BCUT2D eigenvalue weighted by atomic mass is 10.1. The molecule has 0 unspecified atom stereocenters. The molecule has 0 atom stereocenters. The van der Waals surface area contributed by atoms with Crippen molar-refractivity contribution in [2.24, 2.45) is 0 Å². The molecule has 0 radical (unpaired) electrons. The van der Waals surface area contributed by atoms with E-state index in [9.17, 15) is 36.3 Å². The van der Waals surface area contributed by atoms with E-state index >= 15 is 0 Å². The summed E-state index contributed by atoms with van der Waals surface area (Å²) in [7, 11) is 0. The summed E-state index contributed by atoms with van der Waals surface area (Å²) in [5.41, 5.74) is -1.93. The molecule has 0 bridgehead atoms. The molecule has 1 aromatic heterocycles. The molecular weight excluding hydrogens is 470 g/mol. The highest BCUT2D eigenvalue weighted by Crippen LogP contribution is 2.41. The van der Waals surface area contributed by atoms with E-state index in [1.807, 2.05) is 0 Å². The second kappa shape index (κ2) is 8.54. The molecule has 3 aromatic rings. The highest BCUT2D eigenvalue weighted by atomic mass is 35.5. The summed E-state index contributed by atoms with van der Waals surface area (Å²) in [4.78, 5) is 12.7. The topological polar surface area (TPSA) is 72.7 Å². The zero-order valence-electron chi connectivity index (χ0n) is 15.5. The van der Waals surface area contributed by atoms with Crippen LogP contribution >= 0.6 is 11.6 Å². The van der Waals surface area contributed by atoms with Gasteiger partial charge in [0.2, 0.25) is 0 Å². The van der Waals surface area contributed by atoms with Crippen LogP contribution < -0.4 is 14.8 Å². The average molecular weight is 481 g/mol. The summed E-state index contributed by atoms with van der Waals surface area (Å²) < 4.78 is 86.3. The van der Waals surface area contributed by atoms with Crippen LogP contribution in [-0.2, 0) is 6.18 Å². The number of benzene rings is 2. The number of halogens is 7. The van der Waals surface area contributed by atoms with Crippen molar-refractivity contribution >= 4 is 23.2 Å². The third-order valence-electron chi connectivity index (χ3n) is 3.86. The molecule has 0 aliphatic heterocycles. The van der Waals surface area contributed by atoms with Crippen molar-refractivity contribution in [3.05, 3.63) is 71.0 Å². The van der Waals surface area contributed by atoms with Crippen molar-refractivity contribution in [2.75, 3.05) is 5.32 Å². The summed E-state index contributed by atoms with van der Waals surface area (Å²) in [6, 6.07) is 6.65. The van der Waals surface area contributed by atoms with E-state index in [1.165, 1.54) is 6.07 Å². The van der Waals surface area contributed by atoms with Crippen molar-refractivity contribution in [1.29, 1.82) is 0 Å². The molecule has 170 valence electrons. The Kier molecular flexibility index (Phi) is 6.17. The first-order chi connectivity index (χ1) is 14.8. The van der Waals surface area contributed by atoms with Gasteiger partial charge in [-0.3, -0.25) is 4.79 Å². The average Bonchev–Trinajstić information content (AvgIpc) is 3.05. The maximum absolute atomic E-state index is 13.3. The highest BCUT2D eigenvalue weighted by Gasteiger charge is 2.36. The molecule has 0 saturated carbocycles. The fourth-order valence-electron chi connectivity index (χ4n) is 2.56. The van der Waals surface area contributed by atoms with Gasteiger partial charge in [0.15, 0.2) is 0 Å². The Bertz CT molecular complexity index is 1130. The van der Waals surface area contributed by atoms with Crippen LogP contribution in [0, 0.1) is 0 Å². The Morgan fingerprint density at radius 3 is 2.12 bits per heavy atom. The molecule has 2 N–H and O–H groups in total. The van der Waals surface area contributed by atoms with Crippen molar-refractivity contribution in [2.45, 2.75) is 12.5 Å². The number of rotatable bonds is 5. The number of carbonyl (C=O) groups excluding carboxylic acids is 1. The number of anilines is 1. The van der Waals surface area contributed by atoms with Gasteiger partial charge in [-0.15, -0.1) is 13.2 Å². The first-order valence-electron chi connectivity index (χ1n) is 8.45. The minimum Gasteiger partial charge on any atom is -0.456 e. The molecule has 0 aliphatic rings. The zero-order valence-corrected chi connectivity index (χ0v) is 16.2. The van der Waals surface area contributed by atoms with Gasteiger partial charge < -0.3 is 20.0 Å². The molecule has 6 nitrogen and oxygen atoms in total. The van der Waals surface area contributed by atoms with Crippen LogP contribution in [0.1, 0.15) is 15.9 Å². The van der Waals surface area contributed by atoms with Crippen LogP contribution in [0.3, 0.4) is 0 Å². The van der Waals surface area contributed by atoms with Gasteiger partial charge in [-0.05, 0) is 42.5 Å². The van der Waals surface area contributed by atoms with Crippen LogP contribution in [0.2, 0.25) is 5.02 Å². The van der Waals surface area contributed by atoms with Gasteiger partial charge in [-0.1, -0.05) is 11.6 Å². The third kappa shape index (κ3) is 5.58. The number of alkyl halides is 6. The van der Waals surface area contributed by atoms with E-state index in [0.717, 1.165) is 42.7 Å². The number of nitrogens with one attached hydrogen (secondary N) is 1. The standard InChI is InChI=1S/C19H11ClF6N2O4/c20-16-13(18(21,22)23)5-6-14(15(16)17(29)27-10-7-8-28(30)9-10)31-11-1-3-12(4-2-11)32-19(24,25)26/h1-9,30H,(H,27,29). The second-order valence-electron chi connectivity index (χ2n) is 6.15. The predicted molar refractivity (Wildman–Crippen MR) is 99.2 cm³/mol. The summed E-state index contributed by atoms with van der Waals surface area (Å²) in [6.45, 7) is 0. The molecule has 32 heavy (non-hydrogen) atoms. The minimum absolute atomic E-state index is 0.0468. The van der Waals surface area contributed by atoms with E-state index in [4.69, 9.17) is 16.3 Å². The lowest BCUT2D eigenvalue weighted by Crippen LogP contribution is -2.17. The maximum atomic E-state index is 13.3. The van der Waals surface area contributed by atoms with Gasteiger partial charge in [0, 0.05) is 6.20 Å². The number of hydrogen-bond donors (Lipinski definition) is 2. The van der Waals surface area contributed by atoms with Crippen LogP contribution in [0.4, 0.5) is 32.0 Å². The van der Waals surface area contributed by atoms with Crippen molar-refractivity contribution in [3.8, 4) is 17.2 Å². The molecule has 0 spiro atoms. The van der Waals surface area contributed by atoms with E-state index in [0.29, 0.717) is 10.8 Å². The van der Waals surface area contributed by atoms with Crippen molar-refractivity contribution < 1.29 is 45.8 Å². The number of carbonyl (C=O) groups is 1. The summed E-state index contributed by atoms with van der Waals surface area (Å²) in [5.74, 6) is -2.14. The SMILES string of the molecule is O=C(Nc1ccn(O)c1)c1c(Oc2ccc(OC(F)(F)F)cc2)ccc(C(F)(F)F)c1Cl. The van der Waals surface area contributed by atoms with Gasteiger partial charge in [0.25, 0.3) is 5.91 Å². The number of hydrogen-bond acceptors (Lipinski definition) is 4. The molecule has 3 rings (SSSR count). The number of aromatic nitrogens is 1. The molecule has 0 aliphatic carbocycles. The lowest BCUT2D eigenvalue weighted by Gasteiger charge is -2.17. The molecule has 0 fully saturated rings. The first-order valence-corrected chi connectivity index (χ1v) is 8.83. The largest absolute Gasteiger partial charge is 0.573 e. The number of ether oxygens (including phenoxy) is 2. The Morgan fingerprint density at radius 2 is 1.59 bits per heavy atom. The van der Waals surface area contributed by atoms with Gasteiger partial charge in [0.05, 0.1) is 22.5 Å². The lowest BCUT2D eigenvalue weighted by molar-refractivity contribution is -0.274. The molecule has 1 amide bonds. The Hall–Kier alpha value is -3.54.